The van der Waals surface area contributed by atoms with Gasteiger partial charge in [0, 0.05) is 13.1 Å². The van der Waals surface area contributed by atoms with Crippen LogP contribution in [0.25, 0.3) is 0 Å². The van der Waals surface area contributed by atoms with Crippen molar-refractivity contribution in [2.45, 2.75) is 17.6 Å². The molecule has 18 heavy (non-hydrogen) atoms. The van der Waals surface area contributed by atoms with Gasteiger partial charge < -0.3 is 10.1 Å². The molecule has 2 N–H and O–H groups in total. The molecule has 1 rings (SSSR count). The number of methoxy groups -OCH3 is 1. The Hall–Kier alpha value is -0.340. The second kappa shape index (κ2) is 8.71. The molecule has 1 aromatic rings. The monoisotopic (exact) mass is 314 g/mol. The topological polar surface area (TPSA) is 67.4 Å². The summed E-state index contributed by atoms with van der Waals surface area (Å²) in [6.07, 6.45) is 1.03. The van der Waals surface area contributed by atoms with E-state index < -0.39 is 10.0 Å². The average Bonchev–Trinajstić information content (AvgIpc) is 2.77. The van der Waals surface area contributed by atoms with E-state index in [0.29, 0.717) is 18.8 Å². The number of rotatable bonds is 8. The Balaban J connectivity index is 0.00000289. The van der Waals surface area contributed by atoms with Crippen LogP contribution in [-0.4, -0.2) is 35.2 Å². The smallest absolute Gasteiger partial charge is 0.253 e. The van der Waals surface area contributed by atoms with Gasteiger partial charge in [0.1, 0.15) is 5.75 Å². The molecular weight excluding hydrogens is 296 g/mol. The lowest BCUT2D eigenvalue weighted by Crippen LogP contribution is -2.31. The van der Waals surface area contributed by atoms with Crippen LogP contribution in [0.3, 0.4) is 0 Å². The molecule has 5 nitrogen and oxygen atoms in total. The maximum Gasteiger partial charge on any atom is 0.253 e. The van der Waals surface area contributed by atoms with Crippen molar-refractivity contribution in [3.63, 3.8) is 0 Å². The van der Waals surface area contributed by atoms with Crippen molar-refractivity contribution in [1.82, 2.24) is 10.0 Å². The van der Waals surface area contributed by atoms with Crippen LogP contribution in [0.1, 0.15) is 13.3 Å². The van der Waals surface area contributed by atoms with Gasteiger partial charge in [0.15, 0.2) is 4.21 Å². The third kappa shape index (κ3) is 5.11. The molecule has 0 spiro atoms. The maximum atomic E-state index is 11.9. The van der Waals surface area contributed by atoms with E-state index in [0.717, 1.165) is 24.3 Å². The van der Waals surface area contributed by atoms with Gasteiger partial charge in [-0.3, -0.25) is 0 Å². The molecule has 106 valence electrons. The lowest BCUT2D eigenvalue weighted by atomic mass is 10.5. The number of ether oxygens (including phenoxy) is 1. The normalized spacial score (nSPS) is 11.0. The molecule has 0 aromatic carbocycles. The molecule has 0 aliphatic heterocycles. The van der Waals surface area contributed by atoms with E-state index in [4.69, 9.17) is 4.74 Å². The van der Waals surface area contributed by atoms with E-state index >= 15 is 0 Å². The van der Waals surface area contributed by atoms with Gasteiger partial charge in [-0.15, -0.1) is 23.7 Å². The maximum absolute atomic E-state index is 11.9. The predicted molar refractivity (Wildman–Crippen MR) is 76.5 cm³/mol. The predicted octanol–water partition coefficient (Wildman–Crippen LogP) is 1.46. The average molecular weight is 315 g/mol. The molecule has 0 aliphatic rings. The van der Waals surface area contributed by atoms with E-state index in [9.17, 15) is 8.42 Å². The number of halogens is 1. The van der Waals surface area contributed by atoms with Crippen LogP contribution in [0.5, 0.6) is 5.75 Å². The zero-order valence-electron chi connectivity index (χ0n) is 10.4. The Kier molecular flexibility index (Phi) is 8.54. The standard InChI is InChI=1S/C10H18N2O3S2.ClH/c1-3-5-11-6-7-12-17(13,14)10-9(15-2)4-8-16-10;/h4,8,11-12H,3,5-7H2,1-2H3;1H. The third-order valence-electron chi connectivity index (χ3n) is 2.08. The van der Waals surface area contributed by atoms with Crippen molar-refractivity contribution in [2.75, 3.05) is 26.7 Å². The Bertz CT molecular complexity index is 434. The highest BCUT2D eigenvalue weighted by molar-refractivity contribution is 7.91. The number of hydrogen-bond acceptors (Lipinski definition) is 5. The first kappa shape index (κ1) is 17.7. The highest BCUT2D eigenvalue weighted by Crippen LogP contribution is 2.28. The van der Waals surface area contributed by atoms with Crippen molar-refractivity contribution in [1.29, 1.82) is 0 Å². The number of sulfonamides is 1. The van der Waals surface area contributed by atoms with E-state index in [1.165, 1.54) is 7.11 Å². The van der Waals surface area contributed by atoms with Crippen molar-refractivity contribution in [2.24, 2.45) is 0 Å². The van der Waals surface area contributed by atoms with Crippen molar-refractivity contribution in [3.05, 3.63) is 11.4 Å². The molecule has 0 unspecified atom stereocenters. The fourth-order valence-electron chi connectivity index (χ4n) is 1.27. The lowest BCUT2D eigenvalue weighted by molar-refractivity contribution is 0.406. The van der Waals surface area contributed by atoms with Crippen molar-refractivity contribution >= 4 is 33.8 Å². The first-order chi connectivity index (χ1) is 8.11. The van der Waals surface area contributed by atoms with Gasteiger partial charge in [-0.1, -0.05) is 6.92 Å². The van der Waals surface area contributed by atoms with Crippen LogP contribution >= 0.6 is 23.7 Å². The van der Waals surface area contributed by atoms with Crippen LogP contribution in [0, 0.1) is 0 Å². The Morgan fingerprint density at radius 2 is 2.06 bits per heavy atom. The SMILES string of the molecule is CCCNCCNS(=O)(=O)c1sccc1OC.Cl. The number of thiophene rings is 1. The Morgan fingerprint density at radius 3 is 2.67 bits per heavy atom. The summed E-state index contributed by atoms with van der Waals surface area (Å²) in [7, 11) is -1.98. The molecule has 0 radical (unpaired) electrons. The summed E-state index contributed by atoms with van der Waals surface area (Å²) in [5.74, 6) is 0.393. The highest BCUT2D eigenvalue weighted by Gasteiger charge is 2.20. The molecular formula is C10H19ClN2O3S2. The molecule has 0 fully saturated rings. The molecule has 1 aromatic heterocycles. The largest absolute Gasteiger partial charge is 0.494 e. The van der Waals surface area contributed by atoms with Crippen LogP contribution in [0.4, 0.5) is 0 Å². The van der Waals surface area contributed by atoms with Gasteiger partial charge in [0.2, 0.25) is 0 Å². The first-order valence-corrected chi connectivity index (χ1v) is 7.80. The number of nitrogens with one attached hydrogen (secondary N) is 2. The van der Waals surface area contributed by atoms with Crippen LogP contribution in [-0.2, 0) is 10.0 Å². The second-order valence-corrected chi connectivity index (χ2v) is 6.30. The van der Waals surface area contributed by atoms with Crippen LogP contribution < -0.4 is 14.8 Å². The summed E-state index contributed by atoms with van der Waals surface area (Å²) >= 11 is 1.15. The van der Waals surface area contributed by atoms with Crippen LogP contribution in [0.2, 0.25) is 0 Å². The van der Waals surface area contributed by atoms with Gasteiger partial charge in [-0.05, 0) is 24.4 Å². The Labute approximate surface area is 118 Å². The second-order valence-electron chi connectivity index (χ2n) is 3.42. The molecule has 0 saturated heterocycles. The molecule has 0 saturated carbocycles. The molecule has 0 atom stereocenters. The minimum Gasteiger partial charge on any atom is -0.494 e. The van der Waals surface area contributed by atoms with E-state index in [1.54, 1.807) is 11.4 Å². The first-order valence-electron chi connectivity index (χ1n) is 5.43. The quantitative estimate of drug-likeness (QED) is 0.713. The molecule has 1 heterocycles. The molecule has 8 heteroatoms. The fourth-order valence-corrected chi connectivity index (χ4v) is 3.62. The lowest BCUT2D eigenvalue weighted by Gasteiger charge is -2.07. The van der Waals surface area contributed by atoms with E-state index in [1.807, 2.05) is 0 Å². The van der Waals surface area contributed by atoms with Gasteiger partial charge in [-0.25, -0.2) is 13.1 Å². The summed E-state index contributed by atoms with van der Waals surface area (Å²) in [5, 5.41) is 4.82. The van der Waals surface area contributed by atoms with Crippen molar-refractivity contribution in [3.8, 4) is 5.75 Å². The zero-order valence-corrected chi connectivity index (χ0v) is 12.9. The number of hydrogen-bond donors (Lipinski definition) is 2. The highest BCUT2D eigenvalue weighted by atomic mass is 35.5. The zero-order chi connectivity index (χ0) is 12.7. The summed E-state index contributed by atoms with van der Waals surface area (Å²) in [6, 6.07) is 1.65. The molecule has 0 aliphatic carbocycles. The summed E-state index contributed by atoms with van der Waals surface area (Å²) in [4.78, 5) is 0. The minimum absolute atomic E-state index is 0. The minimum atomic E-state index is -3.44. The van der Waals surface area contributed by atoms with E-state index in [-0.39, 0.29) is 16.6 Å². The van der Waals surface area contributed by atoms with Crippen LogP contribution in [0.15, 0.2) is 15.7 Å². The van der Waals surface area contributed by atoms with Gasteiger partial charge in [0.05, 0.1) is 7.11 Å². The van der Waals surface area contributed by atoms with Gasteiger partial charge >= 0.3 is 0 Å². The molecule has 0 amide bonds. The van der Waals surface area contributed by atoms with E-state index in [2.05, 4.69) is 17.0 Å². The Morgan fingerprint density at radius 1 is 1.33 bits per heavy atom. The molecule has 0 bridgehead atoms. The summed E-state index contributed by atoms with van der Waals surface area (Å²) in [5.41, 5.74) is 0. The van der Waals surface area contributed by atoms with Gasteiger partial charge in [-0.2, -0.15) is 0 Å². The summed E-state index contributed by atoms with van der Waals surface area (Å²) in [6.45, 7) is 3.96. The van der Waals surface area contributed by atoms with Gasteiger partial charge in [0.25, 0.3) is 10.0 Å². The third-order valence-corrected chi connectivity index (χ3v) is 4.99. The van der Waals surface area contributed by atoms with Crippen molar-refractivity contribution < 1.29 is 13.2 Å². The fraction of sp³-hybridized carbons (Fsp3) is 0.600. The summed E-state index contributed by atoms with van der Waals surface area (Å²) < 4.78 is 31.6.